The van der Waals surface area contributed by atoms with Crippen molar-refractivity contribution in [2.45, 2.75) is 26.8 Å². The minimum Gasteiger partial charge on any atom is -0.326 e. The van der Waals surface area contributed by atoms with Crippen molar-refractivity contribution in [3.8, 4) is 0 Å². The van der Waals surface area contributed by atoms with Crippen molar-refractivity contribution in [2.24, 2.45) is 5.73 Å². The maximum atomic E-state index is 5.85. The topological polar surface area (TPSA) is 29.3 Å². The molecule has 150 valence electrons. The molecule has 0 heterocycles. The molecule has 0 saturated carbocycles. The molecule has 4 aromatic rings. The highest BCUT2D eigenvalue weighted by molar-refractivity contribution is 6.03. The summed E-state index contributed by atoms with van der Waals surface area (Å²) in [7, 11) is 0. The maximum absolute atomic E-state index is 5.85. The van der Waals surface area contributed by atoms with Gasteiger partial charge in [0.25, 0.3) is 0 Å². The van der Waals surface area contributed by atoms with Gasteiger partial charge in [-0.25, -0.2) is 0 Å². The lowest BCUT2D eigenvalue weighted by molar-refractivity contribution is 1.07. The van der Waals surface area contributed by atoms with Gasteiger partial charge in [-0.3, -0.25) is 0 Å². The van der Waals surface area contributed by atoms with Crippen LogP contribution in [-0.2, 0) is 13.0 Å². The fourth-order valence-electron chi connectivity index (χ4n) is 4.05. The van der Waals surface area contributed by atoms with Crippen molar-refractivity contribution in [3.63, 3.8) is 0 Å². The zero-order valence-corrected chi connectivity index (χ0v) is 17.7. The van der Waals surface area contributed by atoms with Gasteiger partial charge in [0.1, 0.15) is 0 Å². The first kappa shape index (κ1) is 19.9. The van der Waals surface area contributed by atoms with Gasteiger partial charge in [-0.2, -0.15) is 0 Å². The first-order valence-electron chi connectivity index (χ1n) is 10.6. The molecular weight excluding hydrogens is 364 g/mol. The standard InChI is InChI=1S/C28H28N2/c1-3-10-26-22(4-2)19-23-11-8-9-14-27(23)28(26)30(24-12-6-5-7-13-24)25-17-15-21(20-29)16-18-25/h3,5-19H,4,20,29H2,1-2H3/b10-3-. The Morgan fingerprint density at radius 3 is 2.17 bits per heavy atom. The highest BCUT2D eigenvalue weighted by Crippen LogP contribution is 2.43. The van der Waals surface area contributed by atoms with Gasteiger partial charge >= 0.3 is 0 Å². The molecule has 0 saturated heterocycles. The molecule has 2 N–H and O–H groups in total. The van der Waals surface area contributed by atoms with Crippen LogP contribution in [-0.4, -0.2) is 0 Å². The van der Waals surface area contributed by atoms with Gasteiger partial charge < -0.3 is 10.6 Å². The summed E-state index contributed by atoms with van der Waals surface area (Å²) in [5, 5.41) is 2.51. The van der Waals surface area contributed by atoms with Crippen LogP contribution in [0.15, 0.2) is 91.0 Å². The summed E-state index contributed by atoms with van der Waals surface area (Å²) >= 11 is 0. The van der Waals surface area contributed by atoms with Crippen LogP contribution < -0.4 is 10.6 Å². The molecule has 0 unspecified atom stereocenters. The Labute approximate surface area is 179 Å². The SMILES string of the molecule is C/C=C\c1c(CC)cc2ccccc2c1N(c1ccccc1)c1ccc(CN)cc1. The van der Waals surface area contributed by atoms with Crippen molar-refractivity contribution >= 4 is 33.9 Å². The van der Waals surface area contributed by atoms with E-state index < -0.39 is 0 Å². The summed E-state index contributed by atoms with van der Waals surface area (Å²) in [6.45, 7) is 4.86. The summed E-state index contributed by atoms with van der Waals surface area (Å²) in [4.78, 5) is 2.37. The van der Waals surface area contributed by atoms with Crippen molar-refractivity contribution in [3.05, 3.63) is 108 Å². The molecule has 0 fully saturated rings. The molecule has 0 amide bonds. The van der Waals surface area contributed by atoms with E-state index in [0.717, 1.165) is 23.4 Å². The molecular formula is C28H28N2. The third-order valence-electron chi connectivity index (χ3n) is 5.53. The van der Waals surface area contributed by atoms with E-state index in [9.17, 15) is 0 Å². The average Bonchev–Trinajstić information content (AvgIpc) is 2.81. The highest BCUT2D eigenvalue weighted by Gasteiger charge is 2.20. The van der Waals surface area contributed by atoms with Crippen LogP contribution in [0.1, 0.15) is 30.5 Å². The number of nitrogens with two attached hydrogens (primary N) is 1. The van der Waals surface area contributed by atoms with Crippen LogP contribution in [0.2, 0.25) is 0 Å². The smallest absolute Gasteiger partial charge is 0.0615 e. The molecule has 0 bridgehead atoms. The van der Waals surface area contributed by atoms with Gasteiger partial charge in [-0.15, -0.1) is 0 Å². The van der Waals surface area contributed by atoms with Gasteiger partial charge in [0.2, 0.25) is 0 Å². The maximum Gasteiger partial charge on any atom is 0.0615 e. The summed E-state index contributed by atoms with van der Waals surface area (Å²) < 4.78 is 0. The zero-order chi connectivity index (χ0) is 20.9. The van der Waals surface area contributed by atoms with Crippen LogP contribution in [0.4, 0.5) is 17.1 Å². The molecule has 4 aromatic carbocycles. The fraction of sp³-hybridized carbons (Fsp3) is 0.143. The number of hydrogen-bond donors (Lipinski definition) is 1. The number of rotatable bonds is 6. The summed E-state index contributed by atoms with van der Waals surface area (Å²) in [5.74, 6) is 0. The molecule has 2 heteroatoms. The summed E-state index contributed by atoms with van der Waals surface area (Å²) in [6.07, 6.45) is 5.35. The fourth-order valence-corrected chi connectivity index (χ4v) is 4.05. The molecule has 30 heavy (non-hydrogen) atoms. The molecule has 0 atom stereocenters. The molecule has 0 aliphatic carbocycles. The molecule has 0 aliphatic rings. The van der Waals surface area contributed by atoms with E-state index in [1.54, 1.807) is 0 Å². The average molecular weight is 393 g/mol. The Kier molecular flexibility index (Phi) is 5.97. The Balaban J connectivity index is 2.08. The molecule has 0 aliphatic heterocycles. The highest BCUT2D eigenvalue weighted by atomic mass is 15.1. The normalized spacial score (nSPS) is 11.3. The Morgan fingerprint density at radius 2 is 1.50 bits per heavy atom. The second kappa shape index (κ2) is 8.98. The molecule has 0 spiro atoms. The minimum atomic E-state index is 0.545. The monoisotopic (exact) mass is 392 g/mol. The Bertz CT molecular complexity index is 1160. The third kappa shape index (κ3) is 3.74. The van der Waals surface area contributed by atoms with E-state index in [1.807, 2.05) is 0 Å². The first-order chi connectivity index (χ1) is 14.8. The lowest BCUT2D eigenvalue weighted by Crippen LogP contribution is -2.13. The summed E-state index contributed by atoms with van der Waals surface area (Å²) in [6, 6.07) is 30.2. The van der Waals surface area contributed by atoms with Crippen LogP contribution in [0.5, 0.6) is 0 Å². The van der Waals surface area contributed by atoms with E-state index >= 15 is 0 Å². The lowest BCUT2D eigenvalue weighted by atomic mass is 9.94. The number of allylic oxidation sites excluding steroid dienone is 1. The zero-order valence-electron chi connectivity index (χ0n) is 17.7. The Hall–Kier alpha value is -3.36. The van der Waals surface area contributed by atoms with Crippen molar-refractivity contribution in [1.29, 1.82) is 0 Å². The summed E-state index contributed by atoms with van der Waals surface area (Å²) in [5.41, 5.74) is 13.1. The molecule has 4 rings (SSSR count). The quantitative estimate of drug-likeness (QED) is 0.371. The molecule has 0 aromatic heterocycles. The largest absolute Gasteiger partial charge is 0.326 e. The number of aryl methyl sites for hydroxylation is 1. The minimum absolute atomic E-state index is 0.545. The van der Waals surface area contributed by atoms with Gasteiger partial charge in [-0.1, -0.05) is 79.7 Å². The van der Waals surface area contributed by atoms with Gasteiger partial charge in [-0.05, 0) is 54.1 Å². The lowest BCUT2D eigenvalue weighted by Gasteiger charge is -2.30. The second-order valence-corrected chi connectivity index (χ2v) is 7.41. The van der Waals surface area contributed by atoms with E-state index in [4.69, 9.17) is 5.73 Å². The van der Waals surface area contributed by atoms with E-state index in [0.29, 0.717) is 6.54 Å². The number of hydrogen-bond acceptors (Lipinski definition) is 2. The van der Waals surface area contributed by atoms with Crippen LogP contribution in [0.25, 0.3) is 16.8 Å². The van der Waals surface area contributed by atoms with Crippen LogP contribution >= 0.6 is 0 Å². The molecule has 0 radical (unpaired) electrons. The van der Waals surface area contributed by atoms with E-state index in [2.05, 4.69) is 116 Å². The second-order valence-electron chi connectivity index (χ2n) is 7.41. The number of para-hydroxylation sites is 1. The third-order valence-corrected chi connectivity index (χ3v) is 5.53. The molecule has 2 nitrogen and oxygen atoms in total. The van der Waals surface area contributed by atoms with Crippen molar-refractivity contribution in [2.75, 3.05) is 4.90 Å². The van der Waals surface area contributed by atoms with Gasteiger partial charge in [0, 0.05) is 28.9 Å². The number of nitrogens with zero attached hydrogens (tertiary/aromatic N) is 1. The number of fused-ring (bicyclic) bond motifs is 1. The van der Waals surface area contributed by atoms with Crippen molar-refractivity contribution in [1.82, 2.24) is 0 Å². The van der Waals surface area contributed by atoms with Gasteiger partial charge in [0.15, 0.2) is 0 Å². The van der Waals surface area contributed by atoms with E-state index in [1.165, 1.54) is 27.6 Å². The number of benzene rings is 4. The number of anilines is 3. The Morgan fingerprint density at radius 1 is 0.833 bits per heavy atom. The van der Waals surface area contributed by atoms with Crippen molar-refractivity contribution < 1.29 is 0 Å². The van der Waals surface area contributed by atoms with Crippen LogP contribution in [0, 0.1) is 0 Å². The predicted octanol–water partition coefficient (Wildman–Crippen LogP) is 7.36. The van der Waals surface area contributed by atoms with Gasteiger partial charge in [0.05, 0.1) is 5.69 Å². The predicted molar refractivity (Wildman–Crippen MR) is 131 cm³/mol. The van der Waals surface area contributed by atoms with E-state index in [-0.39, 0.29) is 0 Å². The van der Waals surface area contributed by atoms with Crippen LogP contribution in [0.3, 0.4) is 0 Å². The first-order valence-corrected chi connectivity index (χ1v) is 10.6.